The highest BCUT2D eigenvalue weighted by atomic mass is 32.2. The van der Waals surface area contributed by atoms with Crippen LogP contribution < -0.4 is 0 Å². The molecular formula is C21H25NO2S. The molecule has 1 unspecified atom stereocenters. The number of Topliss-reactive ketones (excluding diaryl/α,β-unsaturated/α-hetero) is 1. The molecule has 1 aromatic carbocycles. The number of aliphatic imine (C=N–C) groups is 1. The molecule has 25 heavy (non-hydrogen) atoms. The molecule has 0 amide bonds. The Kier molecular flexibility index (Phi) is 5.19. The molecule has 1 N–H and O–H groups in total. The summed E-state index contributed by atoms with van der Waals surface area (Å²) in [6, 6.07) is 9.60. The SMILES string of the molecule is CC1=C(C2CC(=O)/C(=C\O)C(=Nc3ccccc3)S2)C(C)(C)CCC1. The first-order valence-electron chi connectivity index (χ1n) is 8.81. The fourth-order valence-electron chi connectivity index (χ4n) is 3.99. The number of hydrogen-bond donors (Lipinski definition) is 1. The minimum Gasteiger partial charge on any atom is -0.515 e. The molecule has 1 heterocycles. The fourth-order valence-corrected chi connectivity index (χ4v) is 5.58. The van der Waals surface area contributed by atoms with Crippen molar-refractivity contribution in [1.29, 1.82) is 0 Å². The predicted molar refractivity (Wildman–Crippen MR) is 106 cm³/mol. The number of carbonyl (C=O) groups is 1. The summed E-state index contributed by atoms with van der Waals surface area (Å²) in [7, 11) is 0. The average Bonchev–Trinajstić information content (AvgIpc) is 2.55. The van der Waals surface area contributed by atoms with Crippen molar-refractivity contribution >= 4 is 28.3 Å². The van der Waals surface area contributed by atoms with E-state index >= 15 is 0 Å². The smallest absolute Gasteiger partial charge is 0.170 e. The van der Waals surface area contributed by atoms with Crippen molar-refractivity contribution < 1.29 is 9.90 Å². The van der Waals surface area contributed by atoms with Gasteiger partial charge in [0.15, 0.2) is 5.78 Å². The molecule has 0 aromatic heterocycles. The molecule has 3 nitrogen and oxygen atoms in total. The summed E-state index contributed by atoms with van der Waals surface area (Å²) in [5, 5.41) is 10.3. The van der Waals surface area contributed by atoms with Gasteiger partial charge in [0.05, 0.1) is 17.5 Å². The topological polar surface area (TPSA) is 49.7 Å². The van der Waals surface area contributed by atoms with E-state index in [4.69, 9.17) is 0 Å². The van der Waals surface area contributed by atoms with Crippen LogP contribution in [0.1, 0.15) is 46.5 Å². The van der Waals surface area contributed by atoms with Gasteiger partial charge in [-0.05, 0) is 43.7 Å². The van der Waals surface area contributed by atoms with Crippen molar-refractivity contribution in [2.75, 3.05) is 0 Å². The van der Waals surface area contributed by atoms with Crippen LogP contribution in [0.5, 0.6) is 0 Å². The Morgan fingerprint density at radius 3 is 2.64 bits per heavy atom. The quantitative estimate of drug-likeness (QED) is 0.417. The van der Waals surface area contributed by atoms with Crippen LogP contribution in [0, 0.1) is 5.41 Å². The summed E-state index contributed by atoms with van der Waals surface area (Å²) >= 11 is 1.62. The Morgan fingerprint density at radius 1 is 1.28 bits per heavy atom. The number of ketones is 1. The van der Waals surface area contributed by atoms with Crippen LogP contribution in [-0.4, -0.2) is 21.2 Å². The van der Waals surface area contributed by atoms with Crippen LogP contribution in [0.2, 0.25) is 0 Å². The largest absolute Gasteiger partial charge is 0.515 e. The number of nitrogens with zero attached hydrogens (tertiary/aromatic N) is 1. The van der Waals surface area contributed by atoms with Crippen LogP contribution >= 0.6 is 11.8 Å². The van der Waals surface area contributed by atoms with E-state index < -0.39 is 0 Å². The molecule has 1 aliphatic carbocycles. The number of thioether (sulfide) groups is 1. The first-order chi connectivity index (χ1) is 11.9. The summed E-state index contributed by atoms with van der Waals surface area (Å²) in [6.07, 6.45) is 4.82. The molecule has 1 aromatic rings. The highest BCUT2D eigenvalue weighted by molar-refractivity contribution is 8.15. The number of aliphatic hydroxyl groups is 1. The molecule has 0 saturated carbocycles. The fraction of sp³-hybridized carbons (Fsp3) is 0.429. The molecule has 1 saturated heterocycles. The van der Waals surface area contributed by atoms with Crippen LogP contribution in [0.3, 0.4) is 0 Å². The van der Waals surface area contributed by atoms with E-state index in [9.17, 15) is 9.90 Å². The summed E-state index contributed by atoms with van der Waals surface area (Å²) in [4.78, 5) is 17.3. The van der Waals surface area contributed by atoms with E-state index in [1.54, 1.807) is 11.8 Å². The summed E-state index contributed by atoms with van der Waals surface area (Å²) in [6.45, 7) is 6.76. The van der Waals surface area contributed by atoms with Gasteiger partial charge in [-0.25, -0.2) is 4.99 Å². The van der Waals surface area contributed by atoms with E-state index in [0.717, 1.165) is 24.8 Å². The van der Waals surface area contributed by atoms with Crippen molar-refractivity contribution in [2.24, 2.45) is 10.4 Å². The minimum absolute atomic E-state index is 0.0254. The Hall–Kier alpha value is -1.81. The first-order valence-corrected chi connectivity index (χ1v) is 9.69. The highest BCUT2D eigenvalue weighted by Gasteiger charge is 2.39. The second kappa shape index (κ2) is 7.20. The van der Waals surface area contributed by atoms with Gasteiger partial charge in [0, 0.05) is 11.7 Å². The number of hydrogen-bond acceptors (Lipinski definition) is 4. The van der Waals surface area contributed by atoms with Gasteiger partial charge in [0.1, 0.15) is 5.04 Å². The third kappa shape index (κ3) is 3.74. The van der Waals surface area contributed by atoms with Gasteiger partial charge in [-0.3, -0.25) is 4.79 Å². The number of benzene rings is 1. The molecule has 0 bridgehead atoms. The van der Waals surface area contributed by atoms with Gasteiger partial charge in [0.2, 0.25) is 0 Å². The third-order valence-corrected chi connectivity index (χ3v) is 6.36. The van der Waals surface area contributed by atoms with Crippen molar-refractivity contribution in [3.63, 3.8) is 0 Å². The number of carbonyl (C=O) groups excluding carboxylic acids is 1. The normalized spacial score (nSPS) is 27.2. The van der Waals surface area contributed by atoms with Crippen LogP contribution in [0.25, 0.3) is 0 Å². The van der Waals surface area contributed by atoms with Crippen LogP contribution in [-0.2, 0) is 4.79 Å². The Bertz CT molecular complexity index is 759. The van der Waals surface area contributed by atoms with E-state index in [2.05, 4.69) is 25.8 Å². The standard InChI is InChI=1S/C21H25NO2S/c1-14-8-7-11-21(2,3)19(14)18-12-17(24)16(13-23)20(25-18)22-15-9-5-4-6-10-15/h4-6,9-10,13,18,23H,7-8,11-12H2,1-3H3/b16-13+,22-20?. The van der Waals surface area contributed by atoms with Gasteiger partial charge in [0.25, 0.3) is 0 Å². The van der Waals surface area contributed by atoms with Crippen LogP contribution in [0.4, 0.5) is 5.69 Å². The maximum Gasteiger partial charge on any atom is 0.170 e. The Morgan fingerprint density at radius 2 is 2.00 bits per heavy atom. The third-order valence-electron chi connectivity index (χ3n) is 5.14. The van der Waals surface area contributed by atoms with E-state index in [0.29, 0.717) is 17.0 Å². The van der Waals surface area contributed by atoms with Gasteiger partial charge >= 0.3 is 0 Å². The van der Waals surface area contributed by atoms with Crippen molar-refractivity contribution in [2.45, 2.75) is 51.7 Å². The lowest BCUT2D eigenvalue weighted by Crippen LogP contribution is -2.33. The minimum atomic E-state index is -0.0254. The summed E-state index contributed by atoms with van der Waals surface area (Å²) in [5.74, 6) is -0.0254. The monoisotopic (exact) mass is 355 g/mol. The average molecular weight is 356 g/mol. The molecule has 3 rings (SSSR count). The number of rotatable bonds is 2. The van der Waals surface area contributed by atoms with Gasteiger partial charge in [-0.2, -0.15) is 0 Å². The molecule has 0 radical (unpaired) electrons. The van der Waals surface area contributed by atoms with E-state index in [1.807, 2.05) is 30.3 Å². The van der Waals surface area contributed by atoms with Crippen LogP contribution in [0.15, 0.2) is 58.3 Å². The van der Waals surface area contributed by atoms with E-state index in [1.165, 1.54) is 17.6 Å². The Balaban J connectivity index is 2.00. The molecule has 132 valence electrons. The molecule has 1 fully saturated rings. The lowest BCUT2D eigenvalue weighted by atomic mass is 9.70. The van der Waals surface area contributed by atoms with Crippen molar-refractivity contribution in [1.82, 2.24) is 0 Å². The molecule has 1 aliphatic heterocycles. The second-order valence-electron chi connectivity index (χ2n) is 7.46. The summed E-state index contributed by atoms with van der Waals surface area (Å²) < 4.78 is 0. The maximum absolute atomic E-state index is 12.7. The zero-order chi connectivity index (χ0) is 18.0. The number of para-hydroxylation sites is 1. The zero-order valence-corrected chi connectivity index (χ0v) is 15.9. The zero-order valence-electron chi connectivity index (χ0n) is 15.1. The van der Waals surface area contributed by atoms with Crippen molar-refractivity contribution in [3.8, 4) is 0 Å². The second-order valence-corrected chi connectivity index (χ2v) is 8.65. The van der Waals surface area contributed by atoms with Crippen molar-refractivity contribution in [3.05, 3.63) is 53.3 Å². The van der Waals surface area contributed by atoms with E-state index in [-0.39, 0.29) is 16.4 Å². The number of allylic oxidation sites excluding steroid dienone is 1. The lowest BCUT2D eigenvalue weighted by molar-refractivity contribution is -0.115. The maximum atomic E-state index is 12.7. The van der Waals surface area contributed by atoms with Gasteiger partial charge in [-0.1, -0.05) is 55.0 Å². The molecule has 2 aliphatic rings. The summed E-state index contributed by atoms with van der Waals surface area (Å²) in [5.41, 5.74) is 4.05. The predicted octanol–water partition coefficient (Wildman–Crippen LogP) is 5.76. The molecular weight excluding hydrogens is 330 g/mol. The van der Waals surface area contributed by atoms with Gasteiger partial charge in [-0.15, -0.1) is 0 Å². The van der Waals surface area contributed by atoms with Gasteiger partial charge < -0.3 is 5.11 Å². The molecule has 1 atom stereocenters. The lowest BCUT2D eigenvalue weighted by Gasteiger charge is -2.40. The highest BCUT2D eigenvalue weighted by Crippen LogP contribution is 2.48. The molecule has 4 heteroatoms. The Labute approximate surface area is 153 Å². The first kappa shape index (κ1) is 18.0. The molecule has 0 spiro atoms. The number of aliphatic hydroxyl groups excluding tert-OH is 1.